The van der Waals surface area contributed by atoms with Crippen LogP contribution < -0.4 is 5.32 Å². The third-order valence-electron chi connectivity index (χ3n) is 4.03. The Bertz CT molecular complexity index is 449. The lowest BCUT2D eigenvalue weighted by Gasteiger charge is -2.19. The average molecular weight is 292 g/mol. The molecule has 2 rings (SSSR count). The lowest BCUT2D eigenvalue weighted by Crippen LogP contribution is -2.24. The number of carboxylic acid groups (broad SMARTS) is 1. The highest BCUT2D eigenvalue weighted by Gasteiger charge is 2.15. The van der Waals surface area contributed by atoms with Crippen LogP contribution in [0.1, 0.15) is 38.2 Å². The second kappa shape index (κ2) is 7.93. The summed E-state index contributed by atoms with van der Waals surface area (Å²) in [6, 6.07) is 0. The van der Waals surface area contributed by atoms with Crippen LogP contribution in [-0.2, 0) is 11.3 Å². The minimum Gasteiger partial charge on any atom is -0.480 e. The summed E-state index contributed by atoms with van der Waals surface area (Å²) in [6.45, 7) is 5.25. The van der Waals surface area contributed by atoms with Gasteiger partial charge in [-0.05, 0) is 38.3 Å². The van der Waals surface area contributed by atoms with E-state index in [0.29, 0.717) is 5.95 Å². The van der Waals surface area contributed by atoms with Crippen LogP contribution in [0, 0.1) is 5.92 Å². The molecule has 21 heavy (non-hydrogen) atoms. The molecule has 6 heteroatoms. The normalized spacial score (nSPS) is 20.0. The predicted octanol–water partition coefficient (Wildman–Crippen LogP) is 1.99. The van der Waals surface area contributed by atoms with Gasteiger partial charge < -0.3 is 10.4 Å². The highest BCUT2D eigenvalue weighted by atomic mass is 16.4. The second-order valence-corrected chi connectivity index (χ2v) is 5.64. The third-order valence-corrected chi connectivity index (χ3v) is 4.03. The topological polar surface area (TPSA) is 78.4 Å². The molecule has 6 nitrogen and oxygen atoms in total. The largest absolute Gasteiger partial charge is 0.480 e. The first-order valence-electron chi connectivity index (χ1n) is 7.66. The van der Waals surface area contributed by atoms with E-state index in [2.05, 4.69) is 27.1 Å². The van der Waals surface area contributed by atoms with Gasteiger partial charge in [0.25, 0.3) is 0 Å². The number of nitrogens with zero attached hydrogens (tertiary/aromatic N) is 3. The van der Waals surface area contributed by atoms with Gasteiger partial charge in [-0.15, -0.1) is 0 Å². The van der Waals surface area contributed by atoms with Crippen molar-refractivity contribution in [3.8, 4) is 0 Å². The van der Waals surface area contributed by atoms with E-state index in [-0.39, 0.29) is 6.54 Å². The van der Waals surface area contributed by atoms with E-state index in [0.717, 1.165) is 31.1 Å². The molecular weight excluding hydrogens is 268 g/mol. The van der Waals surface area contributed by atoms with Crippen LogP contribution in [0.5, 0.6) is 0 Å². The molecule has 1 aromatic rings. The number of carboxylic acids is 1. The predicted molar refractivity (Wildman–Crippen MR) is 81.1 cm³/mol. The summed E-state index contributed by atoms with van der Waals surface area (Å²) < 4.78 is 0. The zero-order chi connectivity index (χ0) is 15.1. The first kappa shape index (κ1) is 15.7. The van der Waals surface area contributed by atoms with Crippen LogP contribution >= 0.6 is 0 Å². The summed E-state index contributed by atoms with van der Waals surface area (Å²) in [5, 5.41) is 11.3. The molecule has 0 saturated carbocycles. The van der Waals surface area contributed by atoms with Crippen molar-refractivity contribution in [3.05, 3.63) is 18.0 Å². The maximum absolute atomic E-state index is 10.5. The molecule has 1 fully saturated rings. The second-order valence-electron chi connectivity index (χ2n) is 5.64. The zero-order valence-electron chi connectivity index (χ0n) is 12.6. The Kier molecular flexibility index (Phi) is 5.92. The average Bonchev–Trinajstić information content (AvgIpc) is 2.71. The Labute approximate surface area is 125 Å². The van der Waals surface area contributed by atoms with Gasteiger partial charge >= 0.3 is 5.97 Å². The summed E-state index contributed by atoms with van der Waals surface area (Å²) in [4.78, 5) is 21.2. The Morgan fingerprint density at radius 2 is 2.14 bits per heavy atom. The molecule has 1 atom stereocenters. The van der Waals surface area contributed by atoms with Gasteiger partial charge in [0.05, 0.1) is 0 Å². The molecule has 0 aliphatic carbocycles. The molecule has 0 bridgehead atoms. The van der Waals surface area contributed by atoms with Gasteiger partial charge in [-0.3, -0.25) is 9.69 Å². The molecule has 0 radical (unpaired) electrons. The van der Waals surface area contributed by atoms with Gasteiger partial charge in [-0.1, -0.05) is 13.3 Å². The number of anilines is 1. The van der Waals surface area contributed by atoms with E-state index in [1.54, 1.807) is 12.4 Å². The van der Waals surface area contributed by atoms with Crippen LogP contribution in [0.25, 0.3) is 0 Å². The SMILES string of the molecule is CC[C@H]1CCCN(Cc2cnc(NCC(=O)O)nc2)CC1. The first-order chi connectivity index (χ1) is 10.2. The highest BCUT2D eigenvalue weighted by molar-refractivity contribution is 5.71. The van der Waals surface area contributed by atoms with Crippen molar-refractivity contribution in [1.82, 2.24) is 14.9 Å². The Morgan fingerprint density at radius 3 is 2.81 bits per heavy atom. The molecule has 2 heterocycles. The van der Waals surface area contributed by atoms with Gasteiger partial charge in [0.15, 0.2) is 0 Å². The summed E-state index contributed by atoms with van der Waals surface area (Å²) in [5.41, 5.74) is 1.07. The van der Waals surface area contributed by atoms with Crippen molar-refractivity contribution in [3.63, 3.8) is 0 Å². The standard InChI is InChI=1S/C15H24N4O2/c1-2-12-4-3-6-19(7-5-12)11-13-8-16-15(17-9-13)18-10-14(20)21/h8-9,12H,2-7,10-11H2,1H3,(H,20,21)(H,16,17,18)/t12-/m0/s1. The van der Waals surface area contributed by atoms with Crippen LogP contribution in [0.15, 0.2) is 12.4 Å². The van der Waals surface area contributed by atoms with E-state index >= 15 is 0 Å². The first-order valence-corrected chi connectivity index (χ1v) is 7.66. The number of rotatable bonds is 6. The van der Waals surface area contributed by atoms with Crippen molar-refractivity contribution in [2.45, 2.75) is 39.2 Å². The number of aromatic nitrogens is 2. The maximum Gasteiger partial charge on any atom is 0.322 e. The Morgan fingerprint density at radius 1 is 1.38 bits per heavy atom. The molecule has 1 aliphatic heterocycles. The molecule has 0 unspecified atom stereocenters. The Balaban J connectivity index is 1.83. The minimum absolute atomic E-state index is 0.163. The van der Waals surface area contributed by atoms with E-state index in [1.165, 1.54) is 25.7 Å². The number of aliphatic carboxylic acids is 1. The van der Waals surface area contributed by atoms with Crippen molar-refractivity contribution >= 4 is 11.9 Å². The fourth-order valence-electron chi connectivity index (χ4n) is 2.73. The van der Waals surface area contributed by atoms with Crippen molar-refractivity contribution in [2.24, 2.45) is 5.92 Å². The number of likely N-dealkylation sites (tertiary alicyclic amines) is 1. The monoisotopic (exact) mass is 292 g/mol. The summed E-state index contributed by atoms with van der Waals surface area (Å²) in [6.07, 6.45) is 8.70. The van der Waals surface area contributed by atoms with Crippen LogP contribution in [0.3, 0.4) is 0 Å². The fraction of sp³-hybridized carbons (Fsp3) is 0.667. The van der Waals surface area contributed by atoms with Gasteiger partial charge in [-0.2, -0.15) is 0 Å². The van der Waals surface area contributed by atoms with E-state index in [9.17, 15) is 4.79 Å². The van der Waals surface area contributed by atoms with Gasteiger partial charge in [0.2, 0.25) is 5.95 Å². The van der Waals surface area contributed by atoms with E-state index < -0.39 is 5.97 Å². The molecule has 0 spiro atoms. The number of nitrogens with one attached hydrogen (secondary N) is 1. The van der Waals surface area contributed by atoms with Crippen molar-refractivity contribution in [1.29, 1.82) is 0 Å². The fourth-order valence-corrected chi connectivity index (χ4v) is 2.73. The van der Waals surface area contributed by atoms with E-state index in [4.69, 9.17) is 5.11 Å². The summed E-state index contributed by atoms with van der Waals surface area (Å²) in [7, 11) is 0. The van der Waals surface area contributed by atoms with E-state index in [1.807, 2.05) is 0 Å². The molecule has 0 aromatic carbocycles. The molecule has 116 valence electrons. The minimum atomic E-state index is -0.919. The molecular formula is C15H24N4O2. The zero-order valence-corrected chi connectivity index (χ0v) is 12.6. The molecule has 2 N–H and O–H groups in total. The molecule has 1 aliphatic rings. The maximum atomic E-state index is 10.5. The van der Waals surface area contributed by atoms with Gasteiger partial charge in [-0.25, -0.2) is 9.97 Å². The number of carbonyl (C=O) groups is 1. The smallest absolute Gasteiger partial charge is 0.322 e. The summed E-state index contributed by atoms with van der Waals surface area (Å²) in [5.74, 6) is 0.314. The van der Waals surface area contributed by atoms with Crippen LogP contribution in [0.2, 0.25) is 0 Å². The quantitative estimate of drug-likeness (QED) is 0.835. The number of hydrogen-bond donors (Lipinski definition) is 2. The molecule has 0 amide bonds. The van der Waals surface area contributed by atoms with Crippen molar-refractivity contribution in [2.75, 3.05) is 25.0 Å². The number of hydrogen-bond acceptors (Lipinski definition) is 5. The lowest BCUT2D eigenvalue weighted by molar-refractivity contribution is -0.134. The summed E-state index contributed by atoms with van der Waals surface area (Å²) >= 11 is 0. The van der Waals surface area contributed by atoms with Crippen LogP contribution in [0.4, 0.5) is 5.95 Å². The van der Waals surface area contributed by atoms with Crippen molar-refractivity contribution < 1.29 is 9.90 Å². The third kappa shape index (κ3) is 5.30. The van der Waals surface area contributed by atoms with Gasteiger partial charge in [0.1, 0.15) is 6.54 Å². The molecule has 1 aromatic heterocycles. The van der Waals surface area contributed by atoms with Gasteiger partial charge in [0, 0.05) is 24.5 Å². The lowest BCUT2D eigenvalue weighted by atomic mass is 9.98. The highest BCUT2D eigenvalue weighted by Crippen LogP contribution is 2.21. The molecule has 1 saturated heterocycles. The Hall–Kier alpha value is -1.69. The van der Waals surface area contributed by atoms with Crippen LogP contribution in [-0.4, -0.2) is 45.6 Å².